The van der Waals surface area contributed by atoms with E-state index in [2.05, 4.69) is 15.5 Å². The molecule has 1 aromatic heterocycles. The van der Waals surface area contributed by atoms with Crippen LogP contribution in [0.25, 0.3) is 11.3 Å². The predicted octanol–water partition coefficient (Wildman–Crippen LogP) is 4.64. The average molecular weight is 406 g/mol. The summed E-state index contributed by atoms with van der Waals surface area (Å²) in [6.07, 6.45) is 0. The van der Waals surface area contributed by atoms with Crippen molar-refractivity contribution in [2.45, 2.75) is 6.92 Å². The van der Waals surface area contributed by atoms with Crippen LogP contribution in [0.2, 0.25) is 0 Å². The fraction of sp³-hybridized carbons (Fsp3) is 0.0588. The van der Waals surface area contributed by atoms with E-state index in [0.717, 1.165) is 22.5 Å². The fourth-order valence-corrected chi connectivity index (χ4v) is 2.71. The number of hydrogen-bond donors (Lipinski definition) is 3. The highest BCUT2D eigenvalue weighted by Crippen LogP contribution is 2.27. The molecule has 0 saturated carbocycles. The van der Waals surface area contributed by atoms with E-state index in [0.29, 0.717) is 5.13 Å². The third-order valence-electron chi connectivity index (χ3n) is 3.23. The van der Waals surface area contributed by atoms with Gasteiger partial charge in [0.1, 0.15) is 11.5 Å². The molecule has 0 bridgehead atoms. The van der Waals surface area contributed by atoms with Gasteiger partial charge < -0.3 is 10.2 Å². The number of phenols is 2. The number of thiazole rings is 1. The van der Waals surface area contributed by atoms with Crippen LogP contribution in [0.3, 0.4) is 0 Å². The topological polar surface area (TPSA) is 77.7 Å². The van der Waals surface area contributed by atoms with E-state index < -0.39 is 0 Å². The summed E-state index contributed by atoms with van der Waals surface area (Å²) in [5.41, 5.74) is 6.13. The zero-order valence-corrected chi connectivity index (χ0v) is 15.3. The monoisotopic (exact) mass is 405 g/mol. The number of halogens is 1. The highest BCUT2D eigenvalue weighted by Gasteiger charge is 2.05. The first-order valence-corrected chi connectivity index (χ1v) is 7.84. The zero-order chi connectivity index (χ0) is 16.2. The Morgan fingerprint density at radius 3 is 2.50 bits per heavy atom. The van der Waals surface area contributed by atoms with Gasteiger partial charge in [0.05, 0.1) is 11.4 Å². The van der Waals surface area contributed by atoms with Gasteiger partial charge in [-0.25, -0.2) is 4.98 Å². The molecular weight excluding hydrogens is 390 g/mol. The van der Waals surface area contributed by atoms with Gasteiger partial charge in [0.25, 0.3) is 0 Å². The maximum Gasteiger partial charge on any atom is 0.203 e. The standard InChI is InChI=1S/C17H15N3O2S.BrH/c1-11(12-4-2-6-14(21)8-12)19-20-17-18-16(10-23-17)13-5-3-7-15(22)9-13;/h2-10,21-22H,1H3,(H,18,20);1H. The van der Waals surface area contributed by atoms with Gasteiger partial charge in [0, 0.05) is 16.5 Å². The Morgan fingerprint density at radius 2 is 1.79 bits per heavy atom. The third-order valence-corrected chi connectivity index (χ3v) is 3.98. The molecule has 0 radical (unpaired) electrons. The van der Waals surface area contributed by atoms with Gasteiger partial charge >= 0.3 is 0 Å². The third kappa shape index (κ3) is 4.33. The van der Waals surface area contributed by atoms with E-state index >= 15 is 0 Å². The van der Waals surface area contributed by atoms with Crippen molar-refractivity contribution in [3.8, 4) is 22.8 Å². The summed E-state index contributed by atoms with van der Waals surface area (Å²) in [5.74, 6) is 0.417. The Balaban J connectivity index is 0.00000208. The predicted molar refractivity (Wildman–Crippen MR) is 103 cm³/mol. The lowest BCUT2D eigenvalue weighted by molar-refractivity contribution is 0.475. The van der Waals surface area contributed by atoms with Gasteiger partial charge in [-0.05, 0) is 31.2 Å². The van der Waals surface area contributed by atoms with Crippen LogP contribution in [-0.2, 0) is 0 Å². The number of rotatable bonds is 4. The zero-order valence-electron chi connectivity index (χ0n) is 12.8. The number of aromatic nitrogens is 1. The molecule has 0 saturated heterocycles. The number of nitrogens with zero attached hydrogens (tertiary/aromatic N) is 2. The van der Waals surface area contributed by atoms with Crippen molar-refractivity contribution in [1.29, 1.82) is 0 Å². The summed E-state index contributed by atoms with van der Waals surface area (Å²) < 4.78 is 0. The normalized spacial score (nSPS) is 11.0. The lowest BCUT2D eigenvalue weighted by Gasteiger charge is -2.02. The smallest absolute Gasteiger partial charge is 0.203 e. The minimum atomic E-state index is 0. The van der Waals surface area contributed by atoms with Crippen molar-refractivity contribution in [2.24, 2.45) is 5.10 Å². The first kappa shape index (κ1) is 18.0. The highest BCUT2D eigenvalue weighted by molar-refractivity contribution is 8.93. The van der Waals surface area contributed by atoms with Crippen molar-refractivity contribution in [3.05, 3.63) is 59.5 Å². The van der Waals surface area contributed by atoms with E-state index in [1.807, 2.05) is 24.4 Å². The van der Waals surface area contributed by atoms with E-state index in [-0.39, 0.29) is 28.5 Å². The van der Waals surface area contributed by atoms with Gasteiger partial charge in [0.2, 0.25) is 5.13 Å². The van der Waals surface area contributed by atoms with Crippen LogP contribution in [0.1, 0.15) is 12.5 Å². The highest BCUT2D eigenvalue weighted by atomic mass is 79.9. The average Bonchev–Trinajstić information content (AvgIpc) is 3.01. The maximum absolute atomic E-state index is 9.52. The molecule has 7 heteroatoms. The molecule has 0 aliphatic rings. The van der Waals surface area contributed by atoms with E-state index in [1.54, 1.807) is 36.4 Å². The van der Waals surface area contributed by atoms with Crippen LogP contribution in [-0.4, -0.2) is 20.9 Å². The molecule has 124 valence electrons. The van der Waals surface area contributed by atoms with E-state index in [9.17, 15) is 10.2 Å². The molecule has 24 heavy (non-hydrogen) atoms. The van der Waals surface area contributed by atoms with Crippen molar-refractivity contribution < 1.29 is 10.2 Å². The molecule has 0 aliphatic heterocycles. The molecule has 0 amide bonds. The van der Waals surface area contributed by atoms with Crippen LogP contribution >= 0.6 is 28.3 Å². The minimum Gasteiger partial charge on any atom is -0.508 e. The number of anilines is 1. The molecule has 0 fully saturated rings. The second-order valence-corrected chi connectivity index (χ2v) is 5.81. The maximum atomic E-state index is 9.52. The van der Waals surface area contributed by atoms with Crippen LogP contribution in [0.4, 0.5) is 5.13 Å². The Morgan fingerprint density at radius 1 is 1.08 bits per heavy atom. The Kier molecular flexibility index (Phi) is 5.94. The molecule has 0 unspecified atom stereocenters. The molecule has 1 heterocycles. The summed E-state index contributed by atoms with van der Waals surface area (Å²) in [4.78, 5) is 4.44. The lowest BCUT2D eigenvalue weighted by Crippen LogP contribution is -1.99. The Labute approximate surface area is 154 Å². The van der Waals surface area contributed by atoms with Crippen LogP contribution in [0.15, 0.2) is 59.0 Å². The van der Waals surface area contributed by atoms with Crippen LogP contribution in [0.5, 0.6) is 11.5 Å². The second kappa shape index (κ2) is 7.94. The summed E-state index contributed by atoms with van der Waals surface area (Å²) >= 11 is 1.43. The molecule has 3 rings (SSSR count). The Hall–Kier alpha value is -2.38. The van der Waals surface area contributed by atoms with Gasteiger partial charge in [-0.15, -0.1) is 28.3 Å². The molecule has 2 aromatic carbocycles. The SMILES string of the molecule is Br.CC(=NNc1nc(-c2cccc(O)c2)cs1)c1cccc(O)c1. The van der Waals surface area contributed by atoms with Crippen molar-refractivity contribution >= 4 is 39.2 Å². The number of aromatic hydroxyl groups is 2. The van der Waals surface area contributed by atoms with Crippen LogP contribution in [0, 0.1) is 0 Å². The number of phenolic OH excluding ortho intramolecular Hbond substituents is 2. The largest absolute Gasteiger partial charge is 0.508 e. The van der Waals surface area contributed by atoms with Gasteiger partial charge in [-0.1, -0.05) is 24.3 Å². The summed E-state index contributed by atoms with van der Waals surface area (Å²) in [5, 5.41) is 25.9. The van der Waals surface area contributed by atoms with Gasteiger partial charge in [-0.3, -0.25) is 5.43 Å². The van der Waals surface area contributed by atoms with Crippen molar-refractivity contribution in [1.82, 2.24) is 4.98 Å². The number of nitrogens with one attached hydrogen (secondary N) is 1. The molecule has 0 aliphatic carbocycles. The molecule has 3 aromatic rings. The fourth-order valence-electron chi connectivity index (χ4n) is 2.05. The second-order valence-electron chi connectivity index (χ2n) is 4.95. The molecule has 0 spiro atoms. The van der Waals surface area contributed by atoms with Crippen molar-refractivity contribution in [2.75, 3.05) is 5.43 Å². The quantitative estimate of drug-likeness (QED) is 0.436. The molecule has 3 N–H and O–H groups in total. The summed E-state index contributed by atoms with van der Waals surface area (Å²) in [6, 6.07) is 13.9. The first-order chi connectivity index (χ1) is 11.1. The number of hydrazone groups is 1. The summed E-state index contributed by atoms with van der Waals surface area (Å²) in [6.45, 7) is 1.85. The van der Waals surface area contributed by atoms with E-state index in [4.69, 9.17) is 0 Å². The number of hydrogen-bond acceptors (Lipinski definition) is 6. The van der Waals surface area contributed by atoms with Crippen LogP contribution < -0.4 is 5.43 Å². The lowest BCUT2D eigenvalue weighted by atomic mass is 10.1. The molecule has 0 atom stereocenters. The first-order valence-electron chi connectivity index (χ1n) is 6.96. The molecular formula is C17H16BrN3O2S. The minimum absolute atomic E-state index is 0. The van der Waals surface area contributed by atoms with Gasteiger partial charge in [-0.2, -0.15) is 5.10 Å². The van der Waals surface area contributed by atoms with E-state index in [1.165, 1.54) is 11.3 Å². The number of benzene rings is 2. The van der Waals surface area contributed by atoms with Crippen molar-refractivity contribution in [3.63, 3.8) is 0 Å². The summed E-state index contributed by atoms with van der Waals surface area (Å²) in [7, 11) is 0. The molecule has 5 nitrogen and oxygen atoms in total. The van der Waals surface area contributed by atoms with Gasteiger partial charge in [0.15, 0.2) is 0 Å². The Bertz CT molecular complexity index is 864.